The number of halogens is 3. The molecule has 0 spiro atoms. The molecule has 112 valence electrons. The molecule has 2 aromatic rings. The molecule has 0 bridgehead atoms. The number of benzene rings is 1. The van der Waals surface area contributed by atoms with Crippen LogP contribution in [-0.2, 0) is 17.1 Å². The van der Waals surface area contributed by atoms with Crippen LogP contribution in [0.5, 0.6) is 0 Å². The lowest BCUT2D eigenvalue weighted by Gasteiger charge is -2.10. The Morgan fingerprint density at radius 1 is 1.14 bits per heavy atom. The average Bonchev–Trinajstić information content (AvgIpc) is 2.34. The first-order valence-corrected chi connectivity index (χ1v) is 8.57. The second-order valence-corrected chi connectivity index (χ2v) is 7.61. The molecular formula is C12H9BrCl2N2O3S. The molecule has 9 heteroatoms. The van der Waals surface area contributed by atoms with E-state index < -0.39 is 10.0 Å². The van der Waals surface area contributed by atoms with Crippen LogP contribution in [0, 0.1) is 0 Å². The highest BCUT2D eigenvalue weighted by atomic mass is 79.9. The van der Waals surface area contributed by atoms with Gasteiger partial charge in [0.1, 0.15) is 0 Å². The van der Waals surface area contributed by atoms with Crippen LogP contribution in [0.2, 0.25) is 10.0 Å². The summed E-state index contributed by atoms with van der Waals surface area (Å²) in [6.07, 6.45) is 1.37. The first kappa shape index (κ1) is 16.4. The van der Waals surface area contributed by atoms with Gasteiger partial charge in [0.25, 0.3) is 15.6 Å². The predicted octanol–water partition coefficient (Wildman–Crippen LogP) is 3.26. The van der Waals surface area contributed by atoms with Crippen LogP contribution in [-0.4, -0.2) is 13.0 Å². The number of hydrogen-bond donors (Lipinski definition) is 1. The van der Waals surface area contributed by atoms with Gasteiger partial charge in [0, 0.05) is 23.3 Å². The number of aromatic nitrogens is 1. The molecule has 1 aromatic carbocycles. The largest absolute Gasteiger partial charge is 0.316 e. The van der Waals surface area contributed by atoms with Gasteiger partial charge < -0.3 is 4.57 Å². The molecule has 0 atom stereocenters. The summed E-state index contributed by atoms with van der Waals surface area (Å²) in [6.45, 7) is 0. The van der Waals surface area contributed by atoms with Crippen LogP contribution in [0.15, 0.2) is 44.6 Å². The van der Waals surface area contributed by atoms with Gasteiger partial charge >= 0.3 is 0 Å². The van der Waals surface area contributed by atoms with Gasteiger partial charge in [-0.3, -0.25) is 9.52 Å². The highest BCUT2D eigenvalue weighted by molar-refractivity contribution is 9.10. The van der Waals surface area contributed by atoms with E-state index in [1.165, 1.54) is 42.1 Å². The molecule has 0 aliphatic heterocycles. The topological polar surface area (TPSA) is 68.2 Å². The predicted molar refractivity (Wildman–Crippen MR) is 86.7 cm³/mol. The first-order valence-electron chi connectivity index (χ1n) is 5.54. The minimum atomic E-state index is -3.86. The maximum Gasteiger partial charge on any atom is 0.264 e. The number of pyridine rings is 1. The Hall–Kier alpha value is -1.02. The molecule has 5 nitrogen and oxygen atoms in total. The average molecular weight is 412 g/mol. The lowest BCUT2D eigenvalue weighted by molar-refractivity contribution is 0.601. The Kier molecular flexibility index (Phi) is 4.67. The molecule has 21 heavy (non-hydrogen) atoms. The standard InChI is InChI=1S/C12H9BrCl2N2O3S/c1-17-6-9(5-11(13)12(17)18)16-21(19,20)10-3-7(14)2-8(15)4-10/h2-6,16H,1H3. The van der Waals surface area contributed by atoms with E-state index in [2.05, 4.69) is 20.7 Å². The third-order valence-electron chi connectivity index (χ3n) is 2.54. The highest BCUT2D eigenvalue weighted by Crippen LogP contribution is 2.24. The molecule has 0 radical (unpaired) electrons. The first-order chi connectivity index (χ1) is 9.69. The van der Waals surface area contributed by atoms with Crippen molar-refractivity contribution in [2.24, 2.45) is 7.05 Å². The van der Waals surface area contributed by atoms with Crippen molar-refractivity contribution in [3.8, 4) is 0 Å². The molecule has 1 N–H and O–H groups in total. The Morgan fingerprint density at radius 3 is 2.24 bits per heavy atom. The quantitative estimate of drug-likeness (QED) is 0.842. The van der Waals surface area contributed by atoms with Crippen LogP contribution in [0.25, 0.3) is 0 Å². The van der Waals surface area contributed by atoms with Crippen molar-refractivity contribution < 1.29 is 8.42 Å². The van der Waals surface area contributed by atoms with E-state index >= 15 is 0 Å². The zero-order chi connectivity index (χ0) is 15.8. The third kappa shape index (κ3) is 3.79. The summed E-state index contributed by atoms with van der Waals surface area (Å²) in [5.41, 5.74) is -0.0381. The summed E-state index contributed by atoms with van der Waals surface area (Å²) in [5, 5.41) is 0.425. The number of aryl methyl sites for hydroxylation is 1. The van der Waals surface area contributed by atoms with E-state index in [1.807, 2.05) is 0 Å². The van der Waals surface area contributed by atoms with E-state index in [0.29, 0.717) is 0 Å². The van der Waals surface area contributed by atoms with Crippen LogP contribution in [0.3, 0.4) is 0 Å². The fourth-order valence-corrected chi connectivity index (χ4v) is 3.91. The molecule has 0 aliphatic carbocycles. The fraction of sp³-hybridized carbons (Fsp3) is 0.0833. The van der Waals surface area contributed by atoms with Crippen molar-refractivity contribution in [1.29, 1.82) is 0 Å². The Balaban J connectivity index is 2.44. The van der Waals surface area contributed by atoms with Crippen molar-refractivity contribution in [3.63, 3.8) is 0 Å². The third-order valence-corrected chi connectivity index (χ3v) is 4.90. The van der Waals surface area contributed by atoms with E-state index in [9.17, 15) is 13.2 Å². The molecule has 0 aliphatic rings. The number of nitrogens with one attached hydrogen (secondary N) is 1. The molecule has 1 heterocycles. The second kappa shape index (κ2) is 6.00. The number of nitrogens with zero attached hydrogens (tertiary/aromatic N) is 1. The smallest absolute Gasteiger partial charge is 0.264 e. The maximum atomic E-state index is 12.3. The van der Waals surface area contributed by atoms with E-state index in [1.54, 1.807) is 0 Å². The van der Waals surface area contributed by atoms with Gasteiger partial charge in [-0.1, -0.05) is 23.2 Å². The lowest BCUT2D eigenvalue weighted by Crippen LogP contribution is -2.19. The molecule has 0 fully saturated rings. The SMILES string of the molecule is Cn1cc(NS(=O)(=O)c2cc(Cl)cc(Cl)c2)cc(Br)c1=O. The summed E-state index contributed by atoms with van der Waals surface area (Å²) < 4.78 is 28.4. The highest BCUT2D eigenvalue weighted by Gasteiger charge is 2.16. The molecule has 0 amide bonds. The zero-order valence-electron chi connectivity index (χ0n) is 10.6. The van der Waals surface area contributed by atoms with Crippen molar-refractivity contribution in [2.45, 2.75) is 4.90 Å². The van der Waals surface area contributed by atoms with Crippen molar-refractivity contribution in [2.75, 3.05) is 4.72 Å². The molecule has 2 rings (SSSR count). The van der Waals surface area contributed by atoms with Gasteiger partial charge in [0.15, 0.2) is 0 Å². The molecule has 0 saturated carbocycles. The summed E-state index contributed by atoms with van der Waals surface area (Å²) in [4.78, 5) is 11.5. The normalized spacial score (nSPS) is 11.4. The number of anilines is 1. The Labute approximate surface area is 139 Å². The molecular weight excluding hydrogens is 403 g/mol. The van der Waals surface area contributed by atoms with Crippen LogP contribution >= 0.6 is 39.1 Å². The van der Waals surface area contributed by atoms with Gasteiger partial charge in [-0.25, -0.2) is 8.42 Å². The maximum absolute atomic E-state index is 12.3. The Morgan fingerprint density at radius 2 is 1.71 bits per heavy atom. The summed E-state index contributed by atoms with van der Waals surface area (Å²) in [6, 6.07) is 5.39. The van der Waals surface area contributed by atoms with Crippen molar-refractivity contribution >= 4 is 54.8 Å². The Bertz CT molecular complexity index is 819. The molecule has 0 saturated heterocycles. The van der Waals surface area contributed by atoms with Crippen LogP contribution < -0.4 is 10.3 Å². The summed E-state index contributed by atoms with van der Waals surface area (Å²) in [7, 11) is -2.34. The number of rotatable bonds is 3. The van der Waals surface area contributed by atoms with Gasteiger partial charge in [0.2, 0.25) is 0 Å². The van der Waals surface area contributed by atoms with Crippen molar-refractivity contribution in [1.82, 2.24) is 4.57 Å². The van der Waals surface area contributed by atoms with Crippen LogP contribution in [0.1, 0.15) is 0 Å². The minimum absolute atomic E-state index is 0.0648. The monoisotopic (exact) mass is 410 g/mol. The van der Waals surface area contributed by atoms with Crippen LogP contribution in [0.4, 0.5) is 5.69 Å². The lowest BCUT2D eigenvalue weighted by atomic mass is 10.4. The van der Waals surface area contributed by atoms with Gasteiger partial charge in [0.05, 0.1) is 15.1 Å². The van der Waals surface area contributed by atoms with E-state index in [-0.39, 0.29) is 30.7 Å². The van der Waals surface area contributed by atoms with Gasteiger partial charge in [-0.05, 0) is 40.2 Å². The second-order valence-electron chi connectivity index (χ2n) is 4.20. The van der Waals surface area contributed by atoms with E-state index in [0.717, 1.165) is 0 Å². The number of hydrogen-bond acceptors (Lipinski definition) is 3. The van der Waals surface area contributed by atoms with Gasteiger partial charge in [-0.15, -0.1) is 0 Å². The van der Waals surface area contributed by atoms with E-state index in [4.69, 9.17) is 23.2 Å². The summed E-state index contributed by atoms with van der Waals surface area (Å²) in [5.74, 6) is 0. The van der Waals surface area contributed by atoms with Gasteiger partial charge in [-0.2, -0.15) is 0 Å². The minimum Gasteiger partial charge on any atom is -0.316 e. The summed E-state index contributed by atoms with van der Waals surface area (Å²) >= 11 is 14.7. The number of sulfonamides is 1. The zero-order valence-corrected chi connectivity index (χ0v) is 14.5. The molecule has 1 aromatic heterocycles. The van der Waals surface area contributed by atoms with Crippen molar-refractivity contribution in [3.05, 3.63) is 55.3 Å². The fourth-order valence-electron chi connectivity index (χ4n) is 1.62. The molecule has 0 unspecified atom stereocenters.